The molecule has 2 saturated carbocycles. The first-order valence-corrected chi connectivity index (χ1v) is 12.3. The number of imidazole rings is 1. The van der Waals surface area contributed by atoms with Crippen LogP contribution in [0.5, 0.6) is 0 Å². The number of nitrogens with zero attached hydrogens (tertiary/aromatic N) is 4. The maximum atomic E-state index is 14.7. The van der Waals surface area contributed by atoms with E-state index in [1.807, 2.05) is 11.5 Å². The molecule has 3 aromatic rings. The molecule has 8 nitrogen and oxygen atoms in total. The van der Waals surface area contributed by atoms with Crippen molar-refractivity contribution < 1.29 is 18.0 Å². The molecule has 5 rings (SSSR count). The van der Waals surface area contributed by atoms with Crippen molar-refractivity contribution in [1.29, 1.82) is 0 Å². The Kier molecular flexibility index (Phi) is 6.19. The zero-order valence-corrected chi connectivity index (χ0v) is 20.8. The third-order valence-corrected chi connectivity index (χ3v) is 7.63. The van der Waals surface area contributed by atoms with Crippen LogP contribution in [-0.2, 0) is 4.79 Å². The SMILES string of the molecule is C[C@]1(C(N)=O)CC[C@@H](n2c(Nc3c(F)cc(Cl)cc3Cl)nc3cnc(NC4CC(F)(F)C4)nc32)CC1. The van der Waals surface area contributed by atoms with Gasteiger partial charge in [0.25, 0.3) is 5.92 Å². The van der Waals surface area contributed by atoms with E-state index in [-0.39, 0.29) is 52.4 Å². The van der Waals surface area contributed by atoms with Gasteiger partial charge in [-0.05, 0) is 37.8 Å². The Morgan fingerprint density at radius 3 is 2.50 bits per heavy atom. The van der Waals surface area contributed by atoms with Gasteiger partial charge in [-0.15, -0.1) is 0 Å². The van der Waals surface area contributed by atoms with Gasteiger partial charge in [0, 0.05) is 35.4 Å². The molecule has 0 saturated heterocycles. The van der Waals surface area contributed by atoms with Crippen LogP contribution in [0.4, 0.5) is 30.8 Å². The summed E-state index contributed by atoms with van der Waals surface area (Å²) in [5.74, 6) is -3.21. The van der Waals surface area contributed by atoms with Crippen molar-refractivity contribution in [1.82, 2.24) is 19.5 Å². The number of nitrogens with two attached hydrogens (primary N) is 1. The lowest BCUT2D eigenvalue weighted by Crippen LogP contribution is -2.44. The van der Waals surface area contributed by atoms with Crippen LogP contribution in [0.3, 0.4) is 0 Å². The van der Waals surface area contributed by atoms with Crippen molar-refractivity contribution in [3.8, 4) is 0 Å². The largest absolute Gasteiger partial charge is 0.369 e. The first kappa shape index (κ1) is 24.9. The van der Waals surface area contributed by atoms with Gasteiger partial charge in [0.1, 0.15) is 11.3 Å². The monoisotopic (exact) mass is 541 g/mol. The summed E-state index contributed by atoms with van der Waals surface area (Å²) < 4.78 is 43.1. The van der Waals surface area contributed by atoms with Crippen molar-refractivity contribution in [3.63, 3.8) is 0 Å². The molecule has 192 valence electrons. The summed E-state index contributed by atoms with van der Waals surface area (Å²) in [6, 6.07) is 1.98. The summed E-state index contributed by atoms with van der Waals surface area (Å²) in [7, 11) is 0. The van der Waals surface area contributed by atoms with E-state index in [0.29, 0.717) is 36.8 Å². The second-order valence-corrected chi connectivity index (χ2v) is 10.7. The molecule has 0 unspecified atom stereocenters. The summed E-state index contributed by atoms with van der Waals surface area (Å²) in [5, 5.41) is 6.14. The van der Waals surface area contributed by atoms with Crippen LogP contribution in [0, 0.1) is 11.2 Å². The summed E-state index contributed by atoms with van der Waals surface area (Å²) in [5.41, 5.74) is 5.86. The first-order chi connectivity index (χ1) is 16.9. The number of nitrogens with one attached hydrogen (secondary N) is 2. The second-order valence-electron chi connectivity index (χ2n) is 9.84. The topological polar surface area (TPSA) is 111 Å². The molecule has 0 aliphatic heterocycles. The van der Waals surface area contributed by atoms with Gasteiger partial charge in [-0.2, -0.15) is 4.98 Å². The Hall–Kier alpha value is -2.79. The van der Waals surface area contributed by atoms with Crippen molar-refractivity contribution in [3.05, 3.63) is 34.2 Å². The molecule has 2 aliphatic carbocycles. The molecule has 1 amide bonds. The second kappa shape index (κ2) is 8.95. The minimum Gasteiger partial charge on any atom is -0.369 e. The number of hydrogen-bond acceptors (Lipinski definition) is 6. The van der Waals surface area contributed by atoms with Crippen LogP contribution in [0.15, 0.2) is 18.3 Å². The van der Waals surface area contributed by atoms with Crippen molar-refractivity contribution in [2.75, 3.05) is 10.6 Å². The lowest BCUT2D eigenvalue weighted by Gasteiger charge is -2.36. The predicted molar refractivity (Wildman–Crippen MR) is 131 cm³/mol. The van der Waals surface area contributed by atoms with E-state index < -0.39 is 23.2 Å². The number of carbonyl (C=O) groups is 1. The Morgan fingerprint density at radius 2 is 1.89 bits per heavy atom. The number of halogens is 5. The first-order valence-electron chi connectivity index (χ1n) is 11.5. The van der Waals surface area contributed by atoms with Crippen LogP contribution in [-0.4, -0.2) is 37.4 Å². The molecule has 4 N–H and O–H groups in total. The zero-order chi connectivity index (χ0) is 25.8. The van der Waals surface area contributed by atoms with Gasteiger partial charge in [-0.25, -0.2) is 23.1 Å². The van der Waals surface area contributed by atoms with E-state index in [2.05, 4.69) is 25.6 Å². The van der Waals surface area contributed by atoms with Crippen molar-refractivity contribution in [2.24, 2.45) is 11.1 Å². The van der Waals surface area contributed by atoms with Gasteiger partial charge in [0.05, 0.1) is 16.9 Å². The molecular formula is C23H24Cl2F3N7O. The fourth-order valence-corrected chi connectivity index (χ4v) is 5.37. The molecule has 2 heterocycles. The van der Waals surface area contributed by atoms with Gasteiger partial charge in [-0.1, -0.05) is 30.1 Å². The van der Waals surface area contributed by atoms with Crippen LogP contribution >= 0.6 is 23.2 Å². The number of hydrogen-bond donors (Lipinski definition) is 3. The standard InChI is InChI=1S/C23H24Cl2F3N7O/c1-22(19(29)36)4-2-13(3-5-22)35-18-16(10-30-20(34-18)31-12-8-23(27,28)9-12)32-21(35)33-17-14(25)6-11(24)7-15(17)26/h6-7,10,12-13H,2-5,8-9H2,1H3,(H2,29,36)(H,32,33)(H,30,31,34)/t13-,22+. The van der Waals surface area contributed by atoms with Crippen molar-refractivity contribution in [2.45, 2.75) is 63.5 Å². The minimum absolute atomic E-state index is 0.00147. The molecule has 36 heavy (non-hydrogen) atoms. The smallest absolute Gasteiger partial charge is 0.252 e. The van der Waals surface area contributed by atoms with E-state index in [4.69, 9.17) is 28.9 Å². The number of amides is 1. The Labute approximate surface area is 214 Å². The number of rotatable bonds is 6. The maximum absolute atomic E-state index is 14.7. The predicted octanol–water partition coefficient (Wildman–Crippen LogP) is 5.83. The van der Waals surface area contributed by atoms with Crippen molar-refractivity contribution >= 4 is 57.9 Å². The number of primary amides is 1. The molecule has 1 aromatic carbocycles. The third kappa shape index (κ3) is 4.66. The molecule has 2 fully saturated rings. The molecule has 13 heteroatoms. The highest BCUT2D eigenvalue weighted by Gasteiger charge is 2.45. The van der Waals surface area contributed by atoms with E-state index in [9.17, 15) is 18.0 Å². The average Bonchev–Trinajstić information content (AvgIpc) is 3.13. The zero-order valence-electron chi connectivity index (χ0n) is 19.3. The van der Waals surface area contributed by atoms with E-state index in [1.165, 1.54) is 12.3 Å². The molecule has 0 radical (unpaired) electrons. The van der Waals surface area contributed by atoms with Crippen LogP contribution in [0.1, 0.15) is 51.5 Å². The van der Waals surface area contributed by atoms with Gasteiger partial charge in [0.15, 0.2) is 5.65 Å². The maximum Gasteiger partial charge on any atom is 0.252 e. The fourth-order valence-electron chi connectivity index (χ4n) is 4.86. The summed E-state index contributed by atoms with van der Waals surface area (Å²) in [6.45, 7) is 1.85. The molecule has 2 aromatic heterocycles. The van der Waals surface area contributed by atoms with Gasteiger partial charge >= 0.3 is 0 Å². The van der Waals surface area contributed by atoms with Gasteiger partial charge in [-0.3, -0.25) is 9.36 Å². The third-order valence-electron chi connectivity index (χ3n) is 7.12. The number of fused-ring (bicyclic) bond motifs is 1. The van der Waals surface area contributed by atoms with Crippen LogP contribution in [0.25, 0.3) is 11.2 Å². The minimum atomic E-state index is -2.68. The molecule has 0 spiro atoms. The molecule has 0 bridgehead atoms. The van der Waals surface area contributed by atoms with Gasteiger partial charge in [0.2, 0.25) is 17.8 Å². The van der Waals surface area contributed by atoms with Gasteiger partial charge < -0.3 is 16.4 Å². The molecular weight excluding hydrogens is 518 g/mol. The van der Waals surface area contributed by atoms with E-state index >= 15 is 0 Å². The summed E-state index contributed by atoms with van der Waals surface area (Å²) >= 11 is 12.2. The fraction of sp³-hybridized carbons (Fsp3) is 0.478. The highest BCUT2D eigenvalue weighted by molar-refractivity contribution is 6.36. The van der Waals surface area contributed by atoms with E-state index in [0.717, 1.165) is 6.07 Å². The molecule has 2 aliphatic rings. The van der Waals surface area contributed by atoms with E-state index in [1.54, 1.807) is 0 Å². The Balaban J connectivity index is 1.52. The number of alkyl halides is 2. The number of carbonyl (C=O) groups excluding carboxylic acids is 1. The summed E-state index contributed by atoms with van der Waals surface area (Å²) in [6.07, 6.45) is 3.20. The number of aromatic nitrogens is 4. The number of anilines is 3. The lowest BCUT2D eigenvalue weighted by molar-refractivity contribution is -0.128. The average molecular weight is 542 g/mol. The quantitative estimate of drug-likeness (QED) is 0.362. The summed E-state index contributed by atoms with van der Waals surface area (Å²) in [4.78, 5) is 25.3. The van der Waals surface area contributed by atoms with Crippen LogP contribution < -0.4 is 16.4 Å². The van der Waals surface area contributed by atoms with Crippen LogP contribution in [0.2, 0.25) is 10.0 Å². The Bertz CT molecular complexity index is 1310. The lowest BCUT2D eigenvalue weighted by atomic mass is 9.73. The highest BCUT2D eigenvalue weighted by Crippen LogP contribution is 2.44. The highest BCUT2D eigenvalue weighted by atomic mass is 35.5. The molecule has 0 atom stereocenters. The Morgan fingerprint density at radius 1 is 1.19 bits per heavy atom. The normalized spacial score (nSPS) is 23.9. The number of benzene rings is 1.